The van der Waals surface area contributed by atoms with E-state index in [2.05, 4.69) is 24.3 Å². The van der Waals surface area contributed by atoms with Crippen LogP contribution in [0.3, 0.4) is 0 Å². The molecule has 1 unspecified atom stereocenters. The van der Waals surface area contributed by atoms with Crippen molar-refractivity contribution in [3.05, 3.63) is 65.2 Å². The Morgan fingerprint density at radius 2 is 2.05 bits per heavy atom. The van der Waals surface area contributed by atoms with Gasteiger partial charge in [0, 0.05) is 11.5 Å². The molecule has 2 aromatic carbocycles. The van der Waals surface area contributed by atoms with E-state index >= 15 is 0 Å². The summed E-state index contributed by atoms with van der Waals surface area (Å²) in [5, 5.41) is 0. The second-order valence-electron chi connectivity index (χ2n) is 5.29. The van der Waals surface area contributed by atoms with Gasteiger partial charge in [0.1, 0.15) is 12.0 Å². The normalized spacial score (nSPS) is 17.3. The summed E-state index contributed by atoms with van der Waals surface area (Å²) in [6.45, 7) is 0.680. The van der Waals surface area contributed by atoms with Crippen molar-refractivity contribution in [1.29, 1.82) is 0 Å². The lowest BCUT2D eigenvalue weighted by molar-refractivity contribution is 0.112. The molecule has 0 N–H and O–H groups in total. The molecule has 1 aliphatic rings. The van der Waals surface area contributed by atoms with Crippen LogP contribution >= 0.6 is 0 Å². The molecule has 2 aromatic rings. The van der Waals surface area contributed by atoms with Gasteiger partial charge in [-0.2, -0.15) is 0 Å². The van der Waals surface area contributed by atoms with E-state index in [1.54, 1.807) is 12.1 Å². The van der Waals surface area contributed by atoms with E-state index in [4.69, 9.17) is 4.74 Å². The number of rotatable bonds is 4. The topological polar surface area (TPSA) is 26.3 Å². The highest BCUT2D eigenvalue weighted by Gasteiger charge is 2.20. The summed E-state index contributed by atoms with van der Waals surface area (Å²) in [5.74, 6) is 1.23. The van der Waals surface area contributed by atoms with Crippen LogP contribution in [-0.2, 0) is 6.42 Å². The smallest absolute Gasteiger partial charge is 0.150 e. The first-order chi connectivity index (χ1) is 9.86. The minimum Gasteiger partial charge on any atom is -0.493 e. The minimum atomic E-state index is 0.458. The molecule has 0 spiro atoms. The second kappa shape index (κ2) is 5.91. The Kier molecular flexibility index (Phi) is 3.82. The molecule has 0 saturated heterocycles. The largest absolute Gasteiger partial charge is 0.493 e. The van der Waals surface area contributed by atoms with Gasteiger partial charge in [0.2, 0.25) is 0 Å². The van der Waals surface area contributed by atoms with E-state index in [9.17, 15) is 4.79 Å². The van der Waals surface area contributed by atoms with Crippen LogP contribution in [0.25, 0.3) is 0 Å². The first-order valence-corrected chi connectivity index (χ1v) is 7.12. The van der Waals surface area contributed by atoms with Gasteiger partial charge in [-0.15, -0.1) is 0 Å². The molecule has 0 bridgehead atoms. The van der Waals surface area contributed by atoms with Crippen molar-refractivity contribution in [2.24, 2.45) is 0 Å². The molecular formula is C18H18O2. The van der Waals surface area contributed by atoms with Crippen LogP contribution in [0.2, 0.25) is 0 Å². The number of carbonyl (C=O) groups excluding carboxylic acids is 1. The summed E-state index contributed by atoms with van der Waals surface area (Å²) >= 11 is 0. The van der Waals surface area contributed by atoms with Crippen LogP contribution in [0.5, 0.6) is 5.75 Å². The molecule has 2 nitrogen and oxygen atoms in total. The molecule has 0 heterocycles. The quantitative estimate of drug-likeness (QED) is 0.782. The van der Waals surface area contributed by atoms with Gasteiger partial charge < -0.3 is 4.74 Å². The van der Waals surface area contributed by atoms with Crippen LogP contribution in [0.4, 0.5) is 0 Å². The fourth-order valence-corrected chi connectivity index (χ4v) is 2.90. The molecule has 1 aliphatic carbocycles. The van der Waals surface area contributed by atoms with Gasteiger partial charge in [-0.25, -0.2) is 0 Å². The number of hydrogen-bond acceptors (Lipinski definition) is 2. The standard InChI is InChI=1S/C18H18O2/c19-12-14-5-3-9-17(11-14)20-13-16-8-4-7-15-6-1-2-10-18(15)16/h1-3,5-6,9-12,16H,4,7-8,13H2. The second-order valence-corrected chi connectivity index (χ2v) is 5.29. The van der Waals surface area contributed by atoms with Crippen molar-refractivity contribution >= 4 is 6.29 Å². The SMILES string of the molecule is O=Cc1cccc(OCC2CCCc3ccccc32)c1. The molecule has 0 saturated carbocycles. The van der Waals surface area contributed by atoms with Gasteiger partial charge in [0.25, 0.3) is 0 Å². The van der Waals surface area contributed by atoms with E-state index in [-0.39, 0.29) is 0 Å². The van der Waals surface area contributed by atoms with Crippen LogP contribution in [0.1, 0.15) is 40.2 Å². The molecule has 0 aliphatic heterocycles. The Balaban J connectivity index is 1.71. The highest BCUT2D eigenvalue weighted by molar-refractivity contribution is 5.75. The Morgan fingerprint density at radius 3 is 2.95 bits per heavy atom. The van der Waals surface area contributed by atoms with E-state index < -0.39 is 0 Å². The van der Waals surface area contributed by atoms with Gasteiger partial charge in [-0.1, -0.05) is 36.4 Å². The number of fused-ring (bicyclic) bond motifs is 1. The fourth-order valence-electron chi connectivity index (χ4n) is 2.90. The molecule has 0 radical (unpaired) electrons. The van der Waals surface area contributed by atoms with Crippen LogP contribution in [0, 0.1) is 0 Å². The molecule has 20 heavy (non-hydrogen) atoms. The highest BCUT2D eigenvalue weighted by Crippen LogP contribution is 2.31. The number of ether oxygens (including phenoxy) is 1. The van der Waals surface area contributed by atoms with Gasteiger partial charge in [0.05, 0.1) is 6.61 Å². The number of hydrogen-bond donors (Lipinski definition) is 0. The van der Waals surface area contributed by atoms with Crippen molar-refractivity contribution in [2.45, 2.75) is 25.2 Å². The number of aryl methyl sites for hydroxylation is 1. The lowest BCUT2D eigenvalue weighted by Gasteiger charge is -2.25. The van der Waals surface area contributed by atoms with Crippen molar-refractivity contribution in [3.8, 4) is 5.75 Å². The third-order valence-corrected chi connectivity index (χ3v) is 3.94. The molecule has 0 amide bonds. The molecule has 2 heteroatoms. The van der Waals surface area contributed by atoms with Gasteiger partial charge in [-0.05, 0) is 42.5 Å². The number of aldehydes is 1. The summed E-state index contributed by atoms with van der Waals surface area (Å²) in [4.78, 5) is 10.8. The highest BCUT2D eigenvalue weighted by atomic mass is 16.5. The molecule has 0 fully saturated rings. The van der Waals surface area contributed by atoms with E-state index in [1.165, 1.54) is 30.4 Å². The summed E-state index contributed by atoms with van der Waals surface area (Å²) in [6, 6.07) is 16.0. The molecule has 102 valence electrons. The van der Waals surface area contributed by atoms with Gasteiger partial charge in [-0.3, -0.25) is 4.79 Å². The van der Waals surface area contributed by atoms with E-state index in [0.717, 1.165) is 12.0 Å². The summed E-state index contributed by atoms with van der Waals surface area (Å²) in [6.07, 6.45) is 4.42. The number of carbonyl (C=O) groups is 1. The summed E-state index contributed by atoms with van der Waals surface area (Å²) in [7, 11) is 0. The first-order valence-electron chi connectivity index (χ1n) is 7.12. The van der Waals surface area contributed by atoms with Crippen molar-refractivity contribution in [1.82, 2.24) is 0 Å². The maximum absolute atomic E-state index is 10.8. The van der Waals surface area contributed by atoms with Crippen LogP contribution in [-0.4, -0.2) is 12.9 Å². The van der Waals surface area contributed by atoms with E-state index in [0.29, 0.717) is 18.1 Å². The predicted octanol–water partition coefficient (Wildman–Crippen LogP) is 4.00. The average molecular weight is 266 g/mol. The summed E-state index contributed by atoms with van der Waals surface area (Å²) < 4.78 is 5.89. The Morgan fingerprint density at radius 1 is 1.15 bits per heavy atom. The Bertz CT molecular complexity index is 604. The fraction of sp³-hybridized carbons (Fsp3) is 0.278. The van der Waals surface area contributed by atoms with Gasteiger partial charge in [0.15, 0.2) is 0 Å². The third-order valence-electron chi connectivity index (χ3n) is 3.94. The molecule has 1 atom stereocenters. The Labute approximate surface area is 119 Å². The monoisotopic (exact) mass is 266 g/mol. The van der Waals surface area contributed by atoms with Crippen LogP contribution < -0.4 is 4.74 Å². The lowest BCUT2D eigenvalue weighted by atomic mass is 9.83. The maximum atomic E-state index is 10.8. The number of benzene rings is 2. The van der Waals surface area contributed by atoms with Crippen molar-refractivity contribution in [3.63, 3.8) is 0 Å². The van der Waals surface area contributed by atoms with E-state index in [1.807, 2.05) is 12.1 Å². The van der Waals surface area contributed by atoms with Crippen molar-refractivity contribution in [2.75, 3.05) is 6.61 Å². The van der Waals surface area contributed by atoms with Gasteiger partial charge >= 0.3 is 0 Å². The van der Waals surface area contributed by atoms with Crippen LogP contribution in [0.15, 0.2) is 48.5 Å². The molecule has 3 rings (SSSR count). The Hall–Kier alpha value is -2.09. The third kappa shape index (κ3) is 2.74. The molecule has 0 aromatic heterocycles. The zero-order valence-corrected chi connectivity index (χ0v) is 11.4. The maximum Gasteiger partial charge on any atom is 0.150 e. The zero-order chi connectivity index (χ0) is 13.8. The average Bonchev–Trinajstić information content (AvgIpc) is 2.53. The molecular weight excluding hydrogens is 248 g/mol. The lowest BCUT2D eigenvalue weighted by Crippen LogP contribution is -2.16. The zero-order valence-electron chi connectivity index (χ0n) is 11.4. The predicted molar refractivity (Wildman–Crippen MR) is 79.4 cm³/mol. The van der Waals surface area contributed by atoms with Crippen molar-refractivity contribution < 1.29 is 9.53 Å². The summed E-state index contributed by atoms with van der Waals surface area (Å²) in [5.41, 5.74) is 3.53. The first kappa shape index (κ1) is 12.9. The minimum absolute atomic E-state index is 0.458.